The fraction of sp³-hybridized carbons (Fsp3) is 0.474. The number of hydrogen-bond acceptors (Lipinski definition) is 7. The Morgan fingerprint density at radius 2 is 1.73 bits per heavy atom. The molecule has 1 amide bonds. The van der Waals surface area contributed by atoms with Gasteiger partial charge in [0.25, 0.3) is 0 Å². The molecule has 2 aromatic carbocycles. The van der Waals surface area contributed by atoms with Gasteiger partial charge in [0.15, 0.2) is 5.96 Å². The molecule has 2 heterocycles. The van der Waals surface area contributed by atoms with Crippen molar-refractivity contribution in [3.8, 4) is 11.4 Å². The first-order chi connectivity index (χ1) is 24.0. The zero-order chi connectivity index (χ0) is 37.8. The Labute approximate surface area is 300 Å². The molecule has 1 atom stereocenters. The van der Waals surface area contributed by atoms with Crippen molar-refractivity contribution >= 4 is 22.9 Å². The Morgan fingerprint density at radius 3 is 2.33 bits per heavy atom. The van der Waals surface area contributed by atoms with Crippen molar-refractivity contribution in [3.05, 3.63) is 87.6 Å². The number of halogens is 1. The maximum Gasteiger partial charge on any atom is 0.354 e. The predicted molar refractivity (Wildman–Crippen MR) is 204 cm³/mol. The highest BCUT2D eigenvalue weighted by Gasteiger charge is 2.18. The summed E-state index contributed by atoms with van der Waals surface area (Å²) in [4.78, 5) is 34.9. The molecule has 0 spiro atoms. The zero-order valence-electron chi connectivity index (χ0n) is 31.1. The summed E-state index contributed by atoms with van der Waals surface area (Å²) in [5.41, 5.74) is 21.3. The van der Waals surface area contributed by atoms with Gasteiger partial charge in [0.05, 0.1) is 5.69 Å². The number of aliphatic imine (C=N–C) groups is 1. The third-order valence-corrected chi connectivity index (χ3v) is 7.97. The highest BCUT2D eigenvalue weighted by Crippen LogP contribution is 2.28. The van der Waals surface area contributed by atoms with E-state index in [0.717, 1.165) is 53.0 Å². The van der Waals surface area contributed by atoms with E-state index >= 15 is 0 Å². The van der Waals surface area contributed by atoms with Crippen LogP contribution < -0.4 is 38.3 Å². The average molecular weight is 706 g/mol. The Balaban J connectivity index is 0.000000287. The molecule has 0 unspecified atom stereocenters. The van der Waals surface area contributed by atoms with Crippen LogP contribution in [-0.4, -0.2) is 65.4 Å². The monoisotopic (exact) mass is 705 g/mol. The summed E-state index contributed by atoms with van der Waals surface area (Å²) < 4.78 is 20.3. The highest BCUT2D eigenvalue weighted by atomic mass is 19.1. The number of ether oxygens (including phenoxy) is 1. The van der Waals surface area contributed by atoms with Gasteiger partial charge in [-0.1, -0.05) is 59.7 Å². The number of rotatable bonds is 14. The Morgan fingerprint density at radius 1 is 1.02 bits per heavy atom. The predicted octanol–water partition coefficient (Wildman–Crippen LogP) is 4.10. The molecule has 0 saturated carbocycles. The van der Waals surface area contributed by atoms with Crippen molar-refractivity contribution in [3.63, 3.8) is 0 Å². The molecule has 4 rings (SSSR count). The molecule has 2 aromatic heterocycles. The number of nitrogens with zero attached hydrogens (tertiary/aromatic N) is 3. The van der Waals surface area contributed by atoms with E-state index in [-0.39, 0.29) is 41.5 Å². The molecular formula is C38H56FN9O3. The van der Waals surface area contributed by atoms with E-state index in [4.69, 9.17) is 21.9 Å². The van der Waals surface area contributed by atoms with E-state index in [2.05, 4.69) is 79.3 Å². The minimum absolute atomic E-state index is 0.0352. The van der Waals surface area contributed by atoms with Crippen molar-refractivity contribution in [1.82, 2.24) is 25.2 Å². The van der Waals surface area contributed by atoms with Crippen LogP contribution >= 0.6 is 0 Å². The first kappa shape index (κ1) is 40.7. The third-order valence-electron chi connectivity index (χ3n) is 7.97. The summed E-state index contributed by atoms with van der Waals surface area (Å²) in [6.45, 7) is 16.8. The molecular weight excluding hydrogens is 649 g/mol. The molecule has 0 saturated heterocycles. The molecule has 0 bridgehead atoms. The van der Waals surface area contributed by atoms with Crippen molar-refractivity contribution in [2.24, 2.45) is 22.2 Å². The van der Waals surface area contributed by atoms with Gasteiger partial charge in [0, 0.05) is 55.8 Å². The van der Waals surface area contributed by atoms with Crippen LogP contribution in [0.2, 0.25) is 0 Å². The summed E-state index contributed by atoms with van der Waals surface area (Å²) in [5.74, 6) is 0.714. The first-order valence-electron chi connectivity index (χ1n) is 17.3. The minimum Gasteiger partial charge on any atom is -0.490 e. The topological polar surface area (TPSA) is 191 Å². The number of aromatic nitrogens is 3. The van der Waals surface area contributed by atoms with E-state index in [1.54, 1.807) is 4.57 Å². The first-order valence-corrected chi connectivity index (χ1v) is 17.3. The number of nitrogens with two attached hydrogens (primary N) is 3. The largest absolute Gasteiger partial charge is 0.490 e. The molecule has 4 aromatic rings. The minimum atomic E-state index is -1.17. The number of guanidine groups is 1. The summed E-state index contributed by atoms with van der Waals surface area (Å²) in [7, 11) is 0. The molecule has 0 aliphatic carbocycles. The van der Waals surface area contributed by atoms with Gasteiger partial charge in [0.2, 0.25) is 5.91 Å². The van der Waals surface area contributed by atoms with E-state index in [1.165, 1.54) is 6.92 Å². The maximum absolute atomic E-state index is 13.2. The van der Waals surface area contributed by atoms with Gasteiger partial charge in [-0.05, 0) is 71.8 Å². The SMILES string of the molecule is CC(=O)NCCc1cc(OC[C@H](F)CN)cc(C(C)(C)C)c1.CC(C)(C)c1cc2cn(-c3ccc(CNCCCN=C(N)N)cc3)c(=O)nc2[nH]1. The number of carbonyl (C=O) groups is 1. The molecule has 0 radical (unpaired) electrons. The number of fused-ring (bicyclic) bond motifs is 1. The maximum atomic E-state index is 13.2. The van der Waals surface area contributed by atoms with Gasteiger partial charge in [-0.15, -0.1) is 0 Å². The van der Waals surface area contributed by atoms with E-state index < -0.39 is 6.17 Å². The second-order valence-electron chi connectivity index (χ2n) is 14.6. The number of amides is 1. The van der Waals surface area contributed by atoms with Gasteiger partial charge in [0.1, 0.15) is 24.2 Å². The number of alkyl halides is 1. The van der Waals surface area contributed by atoms with Crippen molar-refractivity contribution in [2.75, 3.05) is 32.8 Å². The Bertz CT molecular complexity index is 1800. The van der Waals surface area contributed by atoms with Crippen LogP contribution in [0.5, 0.6) is 5.75 Å². The number of carbonyl (C=O) groups excluding carboxylic acids is 1. The van der Waals surface area contributed by atoms with Gasteiger partial charge < -0.3 is 37.6 Å². The van der Waals surface area contributed by atoms with Crippen molar-refractivity contribution in [1.29, 1.82) is 0 Å². The molecule has 0 aliphatic heterocycles. The van der Waals surface area contributed by atoms with E-state index in [1.807, 2.05) is 42.6 Å². The van der Waals surface area contributed by atoms with E-state index in [9.17, 15) is 14.0 Å². The Kier molecular flexibility index (Phi) is 14.7. The average Bonchev–Trinajstić information content (AvgIpc) is 3.48. The van der Waals surface area contributed by atoms with E-state index in [0.29, 0.717) is 30.9 Å². The smallest absolute Gasteiger partial charge is 0.354 e. The van der Waals surface area contributed by atoms with Crippen LogP contribution in [0.3, 0.4) is 0 Å². The summed E-state index contributed by atoms with van der Waals surface area (Å²) in [5, 5.41) is 7.04. The lowest BCUT2D eigenvalue weighted by molar-refractivity contribution is -0.118. The second kappa shape index (κ2) is 18.5. The summed E-state index contributed by atoms with van der Waals surface area (Å²) in [6, 6.07) is 15.9. The fourth-order valence-electron chi connectivity index (χ4n) is 4.96. The lowest BCUT2D eigenvalue weighted by atomic mass is 9.85. The van der Waals surface area contributed by atoms with Crippen LogP contribution in [-0.2, 0) is 28.6 Å². The molecule has 13 heteroatoms. The third kappa shape index (κ3) is 13.5. The highest BCUT2D eigenvalue weighted by molar-refractivity contribution is 5.76. The molecule has 51 heavy (non-hydrogen) atoms. The van der Waals surface area contributed by atoms with Crippen molar-refractivity contribution < 1.29 is 13.9 Å². The lowest BCUT2D eigenvalue weighted by Gasteiger charge is -2.22. The lowest BCUT2D eigenvalue weighted by Crippen LogP contribution is -2.23. The van der Waals surface area contributed by atoms with Crippen LogP contribution in [0.1, 0.15) is 77.3 Å². The van der Waals surface area contributed by atoms with Crippen LogP contribution in [0.25, 0.3) is 16.7 Å². The summed E-state index contributed by atoms with van der Waals surface area (Å²) >= 11 is 0. The van der Waals surface area contributed by atoms with Crippen LogP contribution in [0, 0.1) is 0 Å². The number of aromatic amines is 1. The zero-order valence-corrected chi connectivity index (χ0v) is 31.1. The molecule has 0 aliphatic rings. The molecule has 9 N–H and O–H groups in total. The normalized spacial score (nSPS) is 12.2. The summed E-state index contributed by atoms with van der Waals surface area (Å²) in [6.07, 6.45) is 2.24. The van der Waals surface area contributed by atoms with Gasteiger partial charge in [-0.2, -0.15) is 4.98 Å². The van der Waals surface area contributed by atoms with Crippen molar-refractivity contribution in [2.45, 2.75) is 84.9 Å². The molecule has 12 nitrogen and oxygen atoms in total. The second-order valence-corrected chi connectivity index (χ2v) is 14.6. The molecule has 0 fully saturated rings. The fourth-order valence-corrected chi connectivity index (χ4v) is 4.96. The van der Waals surface area contributed by atoms with Crippen LogP contribution in [0.4, 0.5) is 4.39 Å². The van der Waals surface area contributed by atoms with Gasteiger partial charge in [-0.3, -0.25) is 14.4 Å². The number of hydrogen-bond donors (Lipinski definition) is 6. The Hall–Kier alpha value is -4.75. The number of H-pyrrole nitrogens is 1. The quantitative estimate of drug-likeness (QED) is 0.0642. The standard InChI is InChI=1S/C21H29N7O.C17H27FN2O2/c1-21(2,3)17-11-15-13-28(20(29)27-18(15)26-17)16-7-5-14(6-8-16)12-24-9-4-10-25-19(22)23;1-12(21)20-6-5-13-7-14(17(2,3)4)9-16(8-13)22-11-15(18)10-19/h5-8,11,13,24H,4,9-10,12H2,1-3H3,(H4,22,23,25)(H,26,27,29);7-9,15H,5-6,10-11,19H2,1-4H3,(H,20,21)/t;15-/m.1/s1. The van der Waals surface area contributed by atoms with Crippen LogP contribution in [0.15, 0.2) is 64.5 Å². The van der Waals surface area contributed by atoms with Gasteiger partial charge in [-0.25, -0.2) is 9.18 Å². The number of benzene rings is 2. The molecule has 278 valence electrons. The number of nitrogens with one attached hydrogen (secondary N) is 3. The van der Waals surface area contributed by atoms with Gasteiger partial charge >= 0.3 is 5.69 Å².